The van der Waals surface area contributed by atoms with E-state index in [0.29, 0.717) is 6.42 Å². The molecule has 146 valence electrons. The summed E-state index contributed by atoms with van der Waals surface area (Å²) in [7, 11) is 1.39. The number of halogens is 1. The summed E-state index contributed by atoms with van der Waals surface area (Å²) in [5, 5.41) is 0.928. The third kappa shape index (κ3) is 11.6. The predicted octanol–water partition coefficient (Wildman–Crippen LogP) is 7.09. The maximum absolute atomic E-state index is 12.7. The van der Waals surface area contributed by atoms with Crippen LogP contribution >= 0.6 is 23.9 Å². The van der Waals surface area contributed by atoms with Gasteiger partial charge in [0.2, 0.25) is 0 Å². The smallest absolute Gasteiger partial charge is 0.242 e. The lowest BCUT2D eigenvalue weighted by Crippen LogP contribution is -2.12. The third-order valence-corrected chi connectivity index (χ3v) is 5.85. The van der Waals surface area contributed by atoms with Crippen molar-refractivity contribution in [2.75, 3.05) is 12.8 Å². The number of amides is 1. The van der Waals surface area contributed by atoms with Crippen molar-refractivity contribution in [1.82, 2.24) is 4.31 Å². The van der Waals surface area contributed by atoms with E-state index in [2.05, 4.69) is 23.5 Å². The van der Waals surface area contributed by atoms with Crippen LogP contribution in [-0.4, -0.2) is 28.3 Å². The maximum atomic E-state index is 12.7. The number of carbonyl (C=O) groups is 1. The highest BCUT2D eigenvalue weighted by Crippen LogP contribution is 2.20. The normalized spacial score (nSPS) is 11.6. The molecule has 0 spiro atoms. The van der Waals surface area contributed by atoms with E-state index < -0.39 is 6.16 Å². The first kappa shape index (κ1) is 23.0. The van der Waals surface area contributed by atoms with Gasteiger partial charge in [0.1, 0.15) is 0 Å². The summed E-state index contributed by atoms with van der Waals surface area (Å²) >= 11 is 2.58. The van der Waals surface area contributed by atoms with Crippen molar-refractivity contribution < 1.29 is 9.18 Å². The highest BCUT2D eigenvalue weighted by atomic mass is 32.2. The second-order valence-corrected chi connectivity index (χ2v) is 8.36. The van der Waals surface area contributed by atoms with E-state index in [9.17, 15) is 9.18 Å². The predicted molar refractivity (Wildman–Crippen MR) is 115 cm³/mol. The van der Waals surface area contributed by atoms with Gasteiger partial charge in [0.25, 0.3) is 0 Å². The van der Waals surface area contributed by atoms with E-state index in [1.54, 1.807) is 11.8 Å². The zero-order valence-corrected chi connectivity index (χ0v) is 17.6. The van der Waals surface area contributed by atoms with Gasteiger partial charge in [-0.25, -0.2) is 9.10 Å². The monoisotopic (exact) mass is 398 g/mol. The van der Waals surface area contributed by atoms with E-state index in [4.69, 9.17) is 0 Å². The molecular weight excluding hydrogens is 367 g/mol. The van der Waals surface area contributed by atoms with Gasteiger partial charge in [-0.05, 0) is 17.7 Å². The molecule has 0 radical (unpaired) electrons. The van der Waals surface area contributed by atoms with E-state index >= 15 is 0 Å². The zero-order chi connectivity index (χ0) is 19.0. The van der Waals surface area contributed by atoms with Gasteiger partial charge >= 0.3 is 6.16 Å². The van der Waals surface area contributed by atoms with Gasteiger partial charge in [0, 0.05) is 13.5 Å². The molecule has 26 heavy (non-hydrogen) atoms. The first-order valence-corrected chi connectivity index (χ1v) is 11.2. The Morgan fingerprint density at radius 1 is 1.04 bits per heavy atom. The lowest BCUT2D eigenvalue weighted by molar-refractivity contribution is 0.209. The standard InChI is InChI=1S/C20H31FN2OS2/c1-3-4-5-6-7-8-9-13-16-25-19(22-26-23(2)20(21)24)17-18-14-11-10-12-15-18/h10-12,14-15H,3-9,13,16-17H2,1-2H3. The number of hydrogen-bond acceptors (Lipinski definition) is 4. The van der Waals surface area contributed by atoms with Crippen molar-refractivity contribution in [1.29, 1.82) is 0 Å². The van der Waals surface area contributed by atoms with Crippen molar-refractivity contribution in [3.63, 3.8) is 0 Å². The second-order valence-electron chi connectivity index (χ2n) is 6.30. The lowest BCUT2D eigenvalue weighted by atomic mass is 10.1. The van der Waals surface area contributed by atoms with Crippen LogP contribution in [0.1, 0.15) is 63.9 Å². The quantitative estimate of drug-likeness (QED) is 0.0888. The molecule has 0 aromatic heterocycles. The van der Waals surface area contributed by atoms with Crippen molar-refractivity contribution in [3.8, 4) is 0 Å². The van der Waals surface area contributed by atoms with Crippen LogP contribution in [0.2, 0.25) is 0 Å². The summed E-state index contributed by atoms with van der Waals surface area (Å²) in [4.78, 5) is 10.7. The molecule has 1 aromatic rings. The highest BCUT2D eigenvalue weighted by Gasteiger charge is 2.09. The Labute approximate surface area is 166 Å². The molecule has 3 nitrogen and oxygen atoms in total. The van der Waals surface area contributed by atoms with Crippen LogP contribution in [0.15, 0.2) is 34.7 Å². The van der Waals surface area contributed by atoms with Crippen LogP contribution in [0, 0.1) is 0 Å². The Morgan fingerprint density at radius 3 is 2.27 bits per heavy atom. The van der Waals surface area contributed by atoms with E-state index in [1.807, 2.05) is 18.2 Å². The molecule has 0 atom stereocenters. The summed E-state index contributed by atoms with van der Waals surface area (Å²) in [6.45, 7) is 2.24. The molecule has 1 rings (SSSR count). The van der Waals surface area contributed by atoms with E-state index in [-0.39, 0.29) is 0 Å². The second kappa shape index (κ2) is 15.1. The van der Waals surface area contributed by atoms with E-state index in [0.717, 1.165) is 33.7 Å². The Kier molecular flexibility index (Phi) is 13.4. The first-order chi connectivity index (χ1) is 12.6. The Balaban J connectivity index is 2.35. The minimum absolute atomic E-state index is 0.712. The molecule has 0 aliphatic heterocycles. The van der Waals surface area contributed by atoms with Crippen LogP contribution in [0.3, 0.4) is 0 Å². The number of hydrogen-bond donors (Lipinski definition) is 0. The molecule has 0 fully saturated rings. The average molecular weight is 399 g/mol. The Bertz CT molecular complexity index is 526. The molecule has 0 unspecified atom stereocenters. The van der Waals surface area contributed by atoms with Crippen LogP contribution in [0.4, 0.5) is 9.18 Å². The summed E-state index contributed by atoms with van der Waals surface area (Å²) in [5.41, 5.74) is 1.17. The number of nitrogens with zero attached hydrogens (tertiary/aromatic N) is 2. The number of carbonyl (C=O) groups excluding carboxylic acids is 1. The van der Waals surface area contributed by atoms with Gasteiger partial charge in [0.05, 0.1) is 17.2 Å². The summed E-state index contributed by atoms with van der Waals surface area (Å²) < 4.78 is 17.9. The fourth-order valence-electron chi connectivity index (χ4n) is 2.44. The molecule has 0 N–H and O–H groups in total. The van der Waals surface area contributed by atoms with Crippen molar-refractivity contribution in [2.45, 2.75) is 64.7 Å². The van der Waals surface area contributed by atoms with Gasteiger partial charge in [-0.1, -0.05) is 82.2 Å². The fraction of sp³-hybridized carbons (Fsp3) is 0.600. The minimum Gasteiger partial charge on any atom is -0.242 e. The molecule has 0 saturated carbocycles. The Morgan fingerprint density at radius 2 is 1.65 bits per heavy atom. The highest BCUT2D eigenvalue weighted by molar-refractivity contribution is 8.14. The van der Waals surface area contributed by atoms with Gasteiger partial charge in [0.15, 0.2) is 0 Å². The van der Waals surface area contributed by atoms with Crippen LogP contribution < -0.4 is 0 Å². The lowest BCUT2D eigenvalue weighted by Gasteiger charge is -2.10. The molecule has 0 bridgehead atoms. The molecular formula is C20H31FN2OS2. The summed E-state index contributed by atoms with van der Waals surface area (Å²) in [6.07, 6.45) is 9.61. The molecule has 0 saturated heterocycles. The van der Waals surface area contributed by atoms with Crippen molar-refractivity contribution in [3.05, 3.63) is 35.9 Å². The third-order valence-electron chi connectivity index (χ3n) is 3.98. The van der Waals surface area contributed by atoms with Gasteiger partial charge in [-0.15, -0.1) is 16.2 Å². The van der Waals surface area contributed by atoms with Gasteiger partial charge in [-0.2, -0.15) is 4.40 Å². The maximum Gasteiger partial charge on any atom is 0.411 e. The summed E-state index contributed by atoms with van der Waals surface area (Å²) in [5.74, 6) is 1.01. The number of unbranched alkanes of at least 4 members (excludes halogenated alkanes) is 7. The molecule has 0 heterocycles. The molecule has 1 amide bonds. The molecule has 6 heteroatoms. The molecule has 0 aliphatic rings. The van der Waals surface area contributed by atoms with Crippen molar-refractivity contribution in [2.24, 2.45) is 4.40 Å². The number of rotatable bonds is 13. The average Bonchev–Trinajstić information content (AvgIpc) is 2.65. The van der Waals surface area contributed by atoms with Crippen LogP contribution in [0.5, 0.6) is 0 Å². The number of thioether (sulfide) groups is 1. The van der Waals surface area contributed by atoms with E-state index in [1.165, 1.54) is 57.6 Å². The largest absolute Gasteiger partial charge is 0.411 e. The number of benzene rings is 1. The van der Waals surface area contributed by atoms with Crippen LogP contribution in [0.25, 0.3) is 0 Å². The molecule has 1 aromatic carbocycles. The minimum atomic E-state index is -1.48. The zero-order valence-electron chi connectivity index (χ0n) is 16.0. The topological polar surface area (TPSA) is 32.7 Å². The Hall–Kier alpha value is -1.01. The SMILES string of the molecule is CCCCCCCCCCSC(Cc1ccccc1)=NSN(C)C(=O)F. The van der Waals surface area contributed by atoms with Crippen molar-refractivity contribution >= 4 is 35.1 Å². The van der Waals surface area contributed by atoms with Gasteiger partial charge in [-0.3, -0.25) is 0 Å². The molecule has 0 aliphatic carbocycles. The first-order valence-electron chi connectivity index (χ1n) is 9.47. The van der Waals surface area contributed by atoms with Crippen LogP contribution in [-0.2, 0) is 6.42 Å². The summed E-state index contributed by atoms with van der Waals surface area (Å²) in [6, 6.07) is 10.1. The van der Waals surface area contributed by atoms with Gasteiger partial charge < -0.3 is 0 Å². The fourth-order valence-corrected chi connectivity index (χ4v) is 3.95.